The van der Waals surface area contributed by atoms with Gasteiger partial charge in [0.1, 0.15) is 11.6 Å². The number of aryl methyl sites for hydroxylation is 1. The number of hydrogen-bond donors (Lipinski definition) is 1. The fourth-order valence-corrected chi connectivity index (χ4v) is 2.98. The molecule has 2 rings (SSSR count). The first-order chi connectivity index (χ1) is 9.97. The monoisotopic (exact) mass is 309 g/mol. The Kier molecular flexibility index (Phi) is 4.64. The SMILES string of the molecule is CCc1ncc(S(=O)(=O)N(C)Cc2ccc(OC)cc2)[nH]1. The summed E-state index contributed by atoms with van der Waals surface area (Å²) in [6.45, 7) is 2.20. The molecule has 114 valence electrons. The van der Waals surface area contributed by atoms with Crippen molar-refractivity contribution in [2.24, 2.45) is 0 Å². The van der Waals surface area contributed by atoms with Crippen LogP contribution in [-0.4, -0.2) is 36.8 Å². The van der Waals surface area contributed by atoms with Crippen LogP contribution in [-0.2, 0) is 23.0 Å². The lowest BCUT2D eigenvalue weighted by Gasteiger charge is -2.16. The number of sulfonamides is 1. The maximum Gasteiger partial charge on any atom is 0.260 e. The molecule has 6 nitrogen and oxygen atoms in total. The number of imidazole rings is 1. The molecule has 0 bridgehead atoms. The molecule has 0 aliphatic rings. The van der Waals surface area contributed by atoms with Gasteiger partial charge in [-0.05, 0) is 17.7 Å². The molecule has 0 saturated carbocycles. The summed E-state index contributed by atoms with van der Waals surface area (Å²) in [4.78, 5) is 6.86. The summed E-state index contributed by atoms with van der Waals surface area (Å²) in [5.41, 5.74) is 0.886. The van der Waals surface area contributed by atoms with Crippen molar-refractivity contribution < 1.29 is 13.2 Å². The molecule has 2 aromatic rings. The van der Waals surface area contributed by atoms with Gasteiger partial charge in [-0.3, -0.25) is 0 Å². The van der Waals surface area contributed by atoms with E-state index in [2.05, 4.69) is 9.97 Å². The van der Waals surface area contributed by atoms with Crippen LogP contribution in [0.25, 0.3) is 0 Å². The van der Waals surface area contributed by atoms with E-state index in [1.54, 1.807) is 26.3 Å². The van der Waals surface area contributed by atoms with Crippen molar-refractivity contribution >= 4 is 10.0 Å². The molecule has 0 spiro atoms. The number of methoxy groups -OCH3 is 1. The normalized spacial score (nSPS) is 11.8. The topological polar surface area (TPSA) is 75.3 Å². The molecule has 0 unspecified atom stereocenters. The van der Waals surface area contributed by atoms with E-state index < -0.39 is 10.0 Å². The fourth-order valence-electron chi connectivity index (χ4n) is 1.90. The van der Waals surface area contributed by atoms with Crippen LogP contribution in [0.4, 0.5) is 0 Å². The standard InChI is InChI=1S/C14H19N3O3S/c1-4-13-15-9-14(16-13)21(18,19)17(2)10-11-5-7-12(20-3)8-6-11/h5-9H,4,10H2,1-3H3,(H,15,16). The predicted octanol–water partition coefficient (Wildman–Crippen LogP) is 1.80. The van der Waals surface area contributed by atoms with E-state index in [4.69, 9.17) is 4.74 Å². The Balaban J connectivity index is 2.15. The molecule has 0 aliphatic heterocycles. The lowest BCUT2D eigenvalue weighted by atomic mass is 10.2. The van der Waals surface area contributed by atoms with Gasteiger partial charge in [0.25, 0.3) is 10.0 Å². The second kappa shape index (κ2) is 6.28. The maximum atomic E-state index is 12.4. The zero-order valence-corrected chi connectivity index (χ0v) is 13.1. The van der Waals surface area contributed by atoms with Gasteiger partial charge in [0.2, 0.25) is 0 Å². The molecular weight excluding hydrogens is 290 g/mol. The summed E-state index contributed by atoms with van der Waals surface area (Å²) >= 11 is 0. The van der Waals surface area contributed by atoms with Gasteiger partial charge in [-0.1, -0.05) is 19.1 Å². The van der Waals surface area contributed by atoms with E-state index in [9.17, 15) is 8.42 Å². The summed E-state index contributed by atoms with van der Waals surface area (Å²) in [7, 11) is -0.418. The van der Waals surface area contributed by atoms with Crippen molar-refractivity contribution in [1.29, 1.82) is 0 Å². The quantitative estimate of drug-likeness (QED) is 0.883. The molecule has 1 heterocycles. The van der Waals surface area contributed by atoms with Gasteiger partial charge in [-0.2, -0.15) is 4.31 Å². The fraction of sp³-hybridized carbons (Fsp3) is 0.357. The zero-order valence-electron chi connectivity index (χ0n) is 12.3. The largest absolute Gasteiger partial charge is 0.497 e. The lowest BCUT2D eigenvalue weighted by molar-refractivity contribution is 0.414. The highest BCUT2D eigenvalue weighted by Crippen LogP contribution is 2.17. The van der Waals surface area contributed by atoms with Crippen LogP contribution in [0.3, 0.4) is 0 Å². The predicted molar refractivity (Wildman–Crippen MR) is 79.6 cm³/mol. The first-order valence-corrected chi connectivity index (χ1v) is 8.04. The van der Waals surface area contributed by atoms with Gasteiger partial charge in [0.15, 0.2) is 5.03 Å². The van der Waals surface area contributed by atoms with Crippen molar-refractivity contribution in [1.82, 2.24) is 14.3 Å². The number of nitrogens with zero attached hydrogens (tertiary/aromatic N) is 2. The molecule has 0 radical (unpaired) electrons. The summed E-state index contributed by atoms with van der Waals surface area (Å²) < 4.78 is 31.2. The first-order valence-electron chi connectivity index (χ1n) is 6.60. The van der Waals surface area contributed by atoms with Gasteiger partial charge in [0, 0.05) is 20.0 Å². The van der Waals surface area contributed by atoms with E-state index >= 15 is 0 Å². The molecule has 21 heavy (non-hydrogen) atoms. The van der Waals surface area contributed by atoms with Gasteiger partial charge in [-0.25, -0.2) is 13.4 Å². The number of hydrogen-bond acceptors (Lipinski definition) is 4. The molecule has 7 heteroatoms. The van der Waals surface area contributed by atoms with E-state index in [-0.39, 0.29) is 11.6 Å². The van der Waals surface area contributed by atoms with E-state index in [0.29, 0.717) is 12.2 Å². The smallest absolute Gasteiger partial charge is 0.260 e. The molecule has 0 aliphatic carbocycles. The average Bonchev–Trinajstić information content (AvgIpc) is 2.97. The Morgan fingerprint density at radius 1 is 1.29 bits per heavy atom. The van der Waals surface area contributed by atoms with Gasteiger partial charge >= 0.3 is 0 Å². The highest BCUT2D eigenvalue weighted by molar-refractivity contribution is 7.89. The Bertz CT molecular complexity index is 693. The highest BCUT2D eigenvalue weighted by atomic mass is 32.2. The molecule has 0 saturated heterocycles. The molecule has 0 atom stereocenters. The van der Waals surface area contributed by atoms with Gasteiger partial charge in [0.05, 0.1) is 13.3 Å². The zero-order chi connectivity index (χ0) is 15.5. The van der Waals surface area contributed by atoms with Crippen LogP contribution in [0.2, 0.25) is 0 Å². The Labute approximate surface area is 124 Å². The van der Waals surface area contributed by atoms with Crippen molar-refractivity contribution in [3.05, 3.63) is 41.9 Å². The Morgan fingerprint density at radius 3 is 2.48 bits per heavy atom. The van der Waals surface area contributed by atoms with E-state index in [1.165, 1.54) is 10.5 Å². The summed E-state index contributed by atoms with van der Waals surface area (Å²) in [5.74, 6) is 1.40. The minimum Gasteiger partial charge on any atom is -0.497 e. The summed E-state index contributed by atoms with van der Waals surface area (Å²) in [6.07, 6.45) is 2.02. The number of aromatic nitrogens is 2. The summed E-state index contributed by atoms with van der Waals surface area (Å²) in [5, 5.41) is 0.121. The minimum atomic E-state index is -3.56. The summed E-state index contributed by atoms with van der Waals surface area (Å²) in [6, 6.07) is 7.30. The van der Waals surface area contributed by atoms with Crippen LogP contribution in [0.5, 0.6) is 5.75 Å². The molecular formula is C14H19N3O3S. The van der Waals surface area contributed by atoms with Gasteiger partial charge in [-0.15, -0.1) is 0 Å². The number of benzene rings is 1. The van der Waals surface area contributed by atoms with Crippen LogP contribution < -0.4 is 4.74 Å². The van der Waals surface area contributed by atoms with Crippen LogP contribution in [0.1, 0.15) is 18.3 Å². The number of ether oxygens (including phenoxy) is 1. The third-order valence-corrected chi connectivity index (χ3v) is 4.91. The van der Waals surface area contributed by atoms with Crippen LogP contribution in [0.15, 0.2) is 35.5 Å². The average molecular weight is 309 g/mol. The number of H-pyrrole nitrogens is 1. The minimum absolute atomic E-state index is 0.121. The number of nitrogens with one attached hydrogen (secondary N) is 1. The Morgan fingerprint density at radius 2 is 1.95 bits per heavy atom. The van der Waals surface area contributed by atoms with Crippen molar-refractivity contribution in [2.45, 2.75) is 24.9 Å². The number of rotatable bonds is 6. The van der Waals surface area contributed by atoms with E-state index in [1.807, 2.05) is 19.1 Å². The second-order valence-electron chi connectivity index (χ2n) is 4.66. The molecule has 1 N–H and O–H groups in total. The second-order valence-corrected chi connectivity index (χ2v) is 6.67. The van der Waals surface area contributed by atoms with Crippen molar-refractivity contribution in [2.75, 3.05) is 14.2 Å². The Hall–Kier alpha value is -1.86. The lowest BCUT2D eigenvalue weighted by Crippen LogP contribution is -2.26. The van der Waals surface area contributed by atoms with Crippen molar-refractivity contribution in [3.63, 3.8) is 0 Å². The van der Waals surface area contributed by atoms with Crippen LogP contribution in [0, 0.1) is 0 Å². The maximum absolute atomic E-state index is 12.4. The molecule has 0 amide bonds. The molecule has 1 aromatic heterocycles. The third kappa shape index (κ3) is 3.43. The number of aromatic amines is 1. The van der Waals surface area contributed by atoms with Crippen LogP contribution >= 0.6 is 0 Å². The first kappa shape index (κ1) is 15.5. The van der Waals surface area contributed by atoms with E-state index in [0.717, 1.165) is 11.3 Å². The van der Waals surface area contributed by atoms with Crippen molar-refractivity contribution in [3.8, 4) is 5.75 Å². The van der Waals surface area contributed by atoms with Gasteiger partial charge < -0.3 is 9.72 Å². The highest BCUT2D eigenvalue weighted by Gasteiger charge is 2.23. The molecule has 1 aromatic carbocycles. The molecule has 0 fully saturated rings. The third-order valence-electron chi connectivity index (χ3n) is 3.19.